The Kier molecular flexibility index (Phi) is 3.98. The Morgan fingerprint density at radius 2 is 1.32 bits per heavy atom. The summed E-state index contributed by atoms with van der Waals surface area (Å²) in [5.41, 5.74) is 4.03. The molecule has 124 valence electrons. The number of nitrogens with zero attached hydrogens (tertiary/aromatic N) is 8. The standard InChI is InChI=1S/C16H14N8S/c1-11-7-6-8-12(2)14(11)24-16(18-20-22-24)25-15-17-19-21-23(15)13-9-4-3-5-10-13/h3-10H,1-2H3. The molecule has 0 fully saturated rings. The molecule has 2 aromatic heterocycles. The van der Waals surface area contributed by atoms with Gasteiger partial charge in [-0.05, 0) is 69.7 Å². The molecule has 0 N–H and O–H groups in total. The summed E-state index contributed by atoms with van der Waals surface area (Å²) in [4.78, 5) is 0. The van der Waals surface area contributed by atoms with Crippen molar-refractivity contribution in [2.24, 2.45) is 0 Å². The van der Waals surface area contributed by atoms with Gasteiger partial charge in [0.25, 0.3) is 0 Å². The first-order valence-electron chi connectivity index (χ1n) is 7.60. The van der Waals surface area contributed by atoms with E-state index < -0.39 is 0 Å². The quantitative estimate of drug-likeness (QED) is 0.558. The number of para-hydroxylation sites is 2. The van der Waals surface area contributed by atoms with Gasteiger partial charge >= 0.3 is 0 Å². The summed E-state index contributed by atoms with van der Waals surface area (Å²) in [6.07, 6.45) is 0. The molecular weight excluding hydrogens is 336 g/mol. The Bertz CT molecular complexity index is 988. The fraction of sp³-hybridized carbons (Fsp3) is 0.125. The number of tetrazole rings is 2. The minimum Gasteiger partial charge on any atom is -0.187 e. The Morgan fingerprint density at radius 3 is 2.00 bits per heavy atom. The van der Waals surface area contributed by atoms with E-state index in [9.17, 15) is 0 Å². The molecule has 8 nitrogen and oxygen atoms in total. The summed E-state index contributed by atoms with van der Waals surface area (Å²) in [6, 6.07) is 15.8. The van der Waals surface area contributed by atoms with Crippen LogP contribution in [0.3, 0.4) is 0 Å². The first kappa shape index (κ1) is 15.5. The molecule has 2 aromatic carbocycles. The fourth-order valence-corrected chi connectivity index (χ4v) is 3.34. The van der Waals surface area contributed by atoms with Crippen molar-refractivity contribution in [3.8, 4) is 11.4 Å². The van der Waals surface area contributed by atoms with E-state index in [2.05, 4.69) is 31.1 Å². The molecule has 0 saturated heterocycles. The van der Waals surface area contributed by atoms with Crippen molar-refractivity contribution in [3.05, 3.63) is 59.7 Å². The van der Waals surface area contributed by atoms with E-state index in [-0.39, 0.29) is 0 Å². The van der Waals surface area contributed by atoms with Crippen molar-refractivity contribution in [2.75, 3.05) is 0 Å². The Balaban J connectivity index is 1.73. The van der Waals surface area contributed by atoms with Crippen molar-refractivity contribution in [1.29, 1.82) is 0 Å². The molecule has 9 heteroatoms. The van der Waals surface area contributed by atoms with Crippen LogP contribution >= 0.6 is 11.8 Å². The predicted molar refractivity (Wildman–Crippen MR) is 91.9 cm³/mol. The summed E-state index contributed by atoms with van der Waals surface area (Å²) in [6.45, 7) is 4.07. The Labute approximate surface area is 147 Å². The third kappa shape index (κ3) is 2.89. The van der Waals surface area contributed by atoms with Crippen molar-refractivity contribution in [3.63, 3.8) is 0 Å². The zero-order valence-corrected chi connectivity index (χ0v) is 14.4. The second-order valence-corrected chi connectivity index (χ2v) is 6.36. The first-order valence-corrected chi connectivity index (χ1v) is 8.42. The van der Waals surface area contributed by atoms with Gasteiger partial charge in [0.2, 0.25) is 10.3 Å². The van der Waals surface area contributed by atoms with Crippen LogP contribution in [0, 0.1) is 13.8 Å². The van der Waals surface area contributed by atoms with E-state index >= 15 is 0 Å². The van der Waals surface area contributed by atoms with Gasteiger partial charge in [-0.1, -0.05) is 36.4 Å². The highest BCUT2D eigenvalue weighted by Crippen LogP contribution is 2.28. The fourth-order valence-electron chi connectivity index (χ4n) is 2.58. The van der Waals surface area contributed by atoms with Crippen LogP contribution in [0.2, 0.25) is 0 Å². The Morgan fingerprint density at radius 1 is 0.720 bits per heavy atom. The highest BCUT2D eigenvalue weighted by Gasteiger charge is 2.18. The van der Waals surface area contributed by atoms with E-state index in [4.69, 9.17) is 0 Å². The predicted octanol–water partition coefficient (Wildman–Crippen LogP) is 2.41. The minimum atomic E-state index is 0.591. The lowest BCUT2D eigenvalue weighted by Gasteiger charge is -2.10. The van der Waals surface area contributed by atoms with Crippen LogP contribution in [0.4, 0.5) is 0 Å². The zero-order valence-electron chi connectivity index (χ0n) is 13.6. The van der Waals surface area contributed by atoms with Crippen LogP contribution in [0.5, 0.6) is 0 Å². The van der Waals surface area contributed by atoms with Crippen LogP contribution in [-0.2, 0) is 0 Å². The van der Waals surface area contributed by atoms with Gasteiger partial charge in [0.1, 0.15) is 0 Å². The van der Waals surface area contributed by atoms with Gasteiger partial charge in [-0.15, -0.1) is 10.2 Å². The van der Waals surface area contributed by atoms with Gasteiger partial charge in [-0.3, -0.25) is 0 Å². The average molecular weight is 350 g/mol. The summed E-state index contributed by atoms with van der Waals surface area (Å²) >= 11 is 1.31. The molecule has 0 saturated carbocycles. The van der Waals surface area contributed by atoms with E-state index in [0.29, 0.717) is 10.3 Å². The van der Waals surface area contributed by atoms with Gasteiger partial charge in [0.05, 0.1) is 11.4 Å². The first-order chi connectivity index (χ1) is 12.2. The highest BCUT2D eigenvalue weighted by molar-refractivity contribution is 7.99. The van der Waals surface area contributed by atoms with Crippen LogP contribution in [-0.4, -0.2) is 40.4 Å². The smallest absolute Gasteiger partial charge is 0.187 e. The number of rotatable bonds is 4. The zero-order chi connectivity index (χ0) is 17.2. The maximum absolute atomic E-state index is 4.15. The number of hydrogen-bond donors (Lipinski definition) is 0. The molecule has 0 radical (unpaired) electrons. The van der Waals surface area contributed by atoms with Crippen molar-refractivity contribution < 1.29 is 0 Å². The van der Waals surface area contributed by atoms with Gasteiger partial charge in [0, 0.05) is 0 Å². The molecule has 0 amide bonds. The SMILES string of the molecule is Cc1cccc(C)c1-n1nnnc1Sc1nnnn1-c1ccccc1. The van der Waals surface area contributed by atoms with Gasteiger partial charge in [-0.25, -0.2) is 0 Å². The minimum absolute atomic E-state index is 0.591. The molecule has 4 aromatic rings. The molecule has 0 unspecified atom stereocenters. The number of aromatic nitrogens is 8. The van der Waals surface area contributed by atoms with Crippen molar-refractivity contribution in [1.82, 2.24) is 40.4 Å². The summed E-state index contributed by atoms with van der Waals surface area (Å²) in [5.74, 6) is 0. The monoisotopic (exact) mass is 350 g/mol. The third-order valence-corrected chi connectivity index (χ3v) is 4.59. The summed E-state index contributed by atoms with van der Waals surface area (Å²) in [5, 5.41) is 25.3. The molecule has 0 bridgehead atoms. The number of benzene rings is 2. The lowest BCUT2D eigenvalue weighted by molar-refractivity contribution is 0.737. The van der Waals surface area contributed by atoms with Crippen LogP contribution < -0.4 is 0 Å². The molecule has 4 rings (SSSR count). The largest absolute Gasteiger partial charge is 0.221 e. The van der Waals surface area contributed by atoms with Gasteiger partial charge in [0.15, 0.2) is 0 Å². The normalized spacial score (nSPS) is 11.0. The Hall–Kier alpha value is -3.07. The van der Waals surface area contributed by atoms with Crippen molar-refractivity contribution >= 4 is 11.8 Å². The number of aryl methyl sites for hydroxylation is 2. The van der Waals surface area contributed by atoms with Gasteiger partial charge < -0.3 is 0 Å². The number of hydrogen-bond acceptors (Lipinski definition) is 7. The van der Waals surface area contributed by atoms with Crippen LogP contribution in [0.15, 0.2) is 58.8 Å². The molecule has 0 atom stereocenters. The molecule has 25 heavy (non-hydrogen) atoms. The molecule has 0 aliphatic rings. The second kappa shape index (κ2) is 6.44. The lowest BCUT2D eigenvalue weighted by Crippen LogP contribution is -2.05. The van der Waals surface area contributed by atoms with Crippen LogP contribution in [0.25, 0.3) is 11.4 Å². The maximum atomic E-state index is 4.15. The van der Waals surface area contributed by atoms with Crippen LogP contribution in [0.1, 0.15) is 11.1 Å². The summed E-state index contributed by atoms with van der Waals surface area (Å²) in [7, 11) is 0. The summed E-state index contributed by atoms with van der Waals surface area (Å²) < 4.78 is 3.38. The molecule has 2 heterocycles. The van der Waals surface area contributed by atoms with Gasteiger partial charge in [-0.2, -0.15) is 9.36 Å². The third-order valence-electron chi connectivity index (χ3n) is 3.72. The molecule has 0 spiro atoms. The van der Waals surface area contributed by atoms with E-state index in [1.54, 1.807) is 9.36 Å². The maximum Gasteiger partial charge on any atom is 0.221 e. The molecule has 0 aliphatic heterocycles. The second-order valence-electron chi connectivity index (χ2n) is 5.42. The average Bonchev–Trinajstić information content (AvgIpc) is 3.26. The van der Waals surface area contributed by atoms with E-state index in [1.165, 1.54) is 11.8 Å². The topological polar surface area (TPSA) is 87.2 Å². The van der Waals surface area contributed by atoms with E-state index in [1.807, 2.05) is 62.4 Å². The van der Waals surface area contributed by atoms with E-state index in [0.717, 1.165) is 22.5 Å². The molecular formula is C16H14N8S. The lowest BCUT2D eigenvalue weighted by atomic mass is 10.1. The van der Waals surface area contributed by atoms with Crippen molar-refractivity contribution in [2.45, 2.75) is 24.2 Å². The molecule has 0 aliphatic carbocycles. The highest BCUT2D eigenvalue weighted by atomic mass is 32.2.